The number of ether oxygens (including phenoxy) is 1. The Labute approximate surface area is 227 Å². The predicted molar refractivity (Wildman–Crippen MR) is 154 cm³/mol. The van der Waals surface area contributed by atoms with E-state index in [9.17, 15) is 9.59 Å². The summed E-state index contributed by atoms with van der Waals surface area (Å²) < 4.78 is 7.90. The Morgan fingerprint density at radius 1 is 1.00 bits per heavy atom. The van der Waals surface area contributed by atoms with Crippen LogP contribution in [0.2, 0.25) is 0 Å². The zero-order chi connectivity index (χ0) is 26.5. The fourth-order valence-electron chi connectivity index (χ4n) is 3.85. The number of anilines is 1. The number of carbonyl (C=O) groups is 1. The molecule has 0 aliphatic rings. The zero-order valence-corrected chi connectivity index (χ0v) is 22.1. The van der Waals surface area contributed by atoms with Crippen molar-refractivity contribution >= 4 is 44.6 Å². The van der Waals surface area contributed by atoms with Gasteiger partial charge in [-0.1, -0.05) is 76.1 Å². The topological polar surface area (TPSA) is 85.6 Å². The molecule has 4 aromatic carbocycles. The van der Waals surface area contributed by atoms with E-state index in [1.54, 1.807) is 30.3 Å². The van der Waals surface area contributed by atoms with Gasteiger partial charge < -0.3 is 10.1 Å². The molecule has 1 heterocycles. The van der Waals surface area contributed by atoms with Crippen LogP contribution in [-0.4, -0.2) is 28.4 Å². The predicted octanol–water partition coefficient (Wildman–Crippen LogP) is 6.03. The number of aryl methyl sites for hydroxylation is 1. The molecule has 1 amide bonds. The van der Waals surface area contributed by atoms with Gasteiger partial charge in [-0.15, -0.1) is 0 Å². The van der Waals surface area contributed by atoms with Crippen molar-refractivity contribution in [3.8, 4) is 17.1 Å². The van der Waals surface area contributed by atoms with Crippen LogP contribution in [0.25, 0.3) is 22.3 Å². The van der Waals surface area contributed by atoms with Gasteiger partial charge in [0.05, 0.1) is 17.1 Å². The molecule has 0 atom stereocenters. The Bertz CT molecular complexity index is 1700. The van der Waals surface area contributed by atoms with Gasteiger partial charge >= 0.3 is 0 Å². The lowest BCUT2D eigenvalue weighted by atomic mass is 10.2. The molecule has 0 bridgehead atoms. The Morgan fingerprint density at radius 2 is 1.74 bits per heavy atom. The minimum atomic E-state index is -0.291. The smallest absolute Gasteiger partial charge is 0.282 e. The summed E-state index contributed by atoms with van der Waals surface area (Å²) in [6.07, 6.45) is 1.53. The highest BCUT2D eigenvalue weighted by molar-refractivity contribution is 9.10. The van der Waals surface area contributed by atoms with Gasteiger partial charge in [0.2, 0.25) is 0 Å². The first-order valence-corrected chi connectivity index (χ1v) is 12.7. The van der Waals surface area contributed by atoms with Crippen molar-refractivity contribution in [2.24, 2.45) is 5.10 Å². The molecular weight excluding hydrogens is 544 g/mol. The van der Waals surface area contributed by atoms with E-state index in [1.807, 2.05) is 73.7 Å². The fraction of sp³-hybridized carbons (Fsp3) is 0.0667. The van der Waals surface area contributed by atoms with Crippen LogP contribution < -0.4 is 15.6 Å². The van der Waals surface area contributed by atoms with Crippen molar-refractivity contribution in [2.75, 3.05) is 11.9 Å². The SMILES string of the molecule is Cc1ccc(NC(=O)COc2ccc(Br)cc2C=Nn2c(-c3ccccc3)nc3ccccc3c2=O)cc1. The van der Waals surface area contributed by atoms with Gasteiger partial charge in [0.25, 0.3) is 11.5 Å². The maximum atomic E-state index is 13.4. The summed E-state index contributed by atoms with van der Waals surface area (Å²) in [6.45, 7) is 1.79. The molecule has 0 aliphatic carbocycles. The standard InChI is InChI=1S/C30H23BrN4O3/c1-20-11-14-24(15-12-20)33-28(36)19-38-27-16-13-23(31)17-22(27)18-32-35-29(21-7-3-2-4-8-21)34-26-10-6-5-9-25(26)30(35)37/h2-18H,19H2,1H3,(H,33,36). The fourth-order valence-corrected chi connectivity index (χ4v) is 4.23. The Kier molecular flexibility index (Phi) is 7.42. The van der Waals surface area contributed by atoms with Crippen molar-refractivity contribution < 1.29 is 9.53 Å². The van der Waals surface area contributed by atoms with Crippen LogP contribution in [-0.2, 0) is 4.79 Å². The number of rotatable bonds is 7. The molecule has 0 aliphatic heterocycles. The van der Waals surface area contributed by atoms with Crippen LogP contribution in [0, 0.1) is 6.92 Å². The molecule has 0 fully saturated rings. The lowest BCUT2D eigenvalue weighted by molar-refractivity contribution is -0.118. The second-order valence-electron chi connectivity index (χ2n) is 8.57. The van der Waals surface area contributed by atoms with Crippen molar-refractivity contribution in [3.05, 3.63) is 123 Å². The van der Waals surface area contributed by atoms with E-state index in [2.05, 4.69) is 26.3 Å². The van der Waals surface area contributed by atoms with Crippen molar-refractivity contribution in [3.63, 3.8) is 0 Å². The number of aromatic nitrogens is 2. The maximum absolute atomic E-state index is 13.4. The average molecular weight is 567 g/mol. The number of amides is 1. The molecule has 1 aromatic heterocycles. The zero-order valence-electron chi connectivity index (χ0n) is 20.5. The summed E-state index contributed by atoms with van der Waals surface area (Å²) in [5, 5.41) is 7.80. The Hall–Kier alpha value is -4.56. The van der Waals surface area contributed by atoms with Gasteiger partial charge in [-0.3, -0.25) is 9.59 Å². The number of nitrogens with one attached hydrogen (secondary N) is 1. The molecular formula is C30H23BrN4O3. The molecule has 5 aromatic rings. The summed E-state index contributed by atoms with van der Waals surface area (Å²) in [7, 11) is 0. The van der Waals surface area contributed by atoms with Crippen LogP contribution in [0.15, 0.2) is 111 Å². The van der Waals surface area contributed by atoms with Gasteiger partial charge in [0.1, 0.15) is 5.75 Å². The van der Waals surface area contributed by atoms with E-state index in [0.717, 1.165) is 15.6 Å². The van der Waals surface area contributed by atoms with Gasteiger partial charge in [0.15, 0.2) is 12.4 Å². The van der Waals surface area contributed by atoms with Gasteiger partial charge in [-0.05, 0) is 49.4 Å². The molecule has 1 N–H and O–H groups in total. The highest BCUT2D eigenvalue weighted by atomic mass is 79.9. The number of carbonyl (C=O) groups excluding carboxylic acids is 1. The number of nitrogens with zero attached hydrogens (tertiary/aromatic N) is 3. The molecule has 0 saturated heterocycles. The molecule has 5 rings (SSSR count). The first-order valence-electron chi connectivity index (χ1n) is 11.9. The Morgan fingerprint density at radius 3 is 2.53 bits per heavy atom. The molecule has 0 saturated carbocycles. The summed E-state index contributed by atoms with van der Waals surface area (Å²) in [4.78, 5) is 30.6. The van der Waals surface area contributed by atoms with Crippen LogP contribution in [0.4, 0.5) is 5.69 Å². The molecule has 38 heavy (non-hydrogen) atoms. The number of para-hydroxylation sites is 1. The van der Waals surface area contributed by atoms with E-state index in [0.29, 0.717) is 33.7 Å². The highest BCUT2D eigenvalue weighted by Crippen LogP contribution is 2.23. The largest absolute Gasteiger partial charge is 0.483 e. The number of hydrogen-bond donors (Lipinski definition) is 1. The quantitative estimate of drug-likeness (QED) is 0.243. The first kappa shape index (κ1) is 25.1. The van der Waals surface area contributed by atoms with Gasteiger partial charge in [-0.2, -0.15) is 9.78 Å². The first-order chi connectivity index (χ1) is 18.5. The molecule has 188 valence electrons. The Balaban J connectivity index is 1.45. The number of halogens is 1. The van der Waals surface area contributed by atoms with Crippen molar-refractivity contribution in [1.29, 1.82) is 0 Å². The summed E-state index contributed by atoms with van der Waals surface area (Å²) >= 11 is 3.47. The summed E-state index contributed by atoms with van der Waals surface area (Å²) in [5.74, 6) is 0.570. The minimum Gasteiger partial charge on any atom is -0.483 e. The van der Waals surface area contributed by atoms with Crippen LogP contribution in [0.3, 0.4) is 0 Å². The second kappa shape index (κ2) is 11.2. The van der Waals surface area contributed by atoms with Crippen molar-refractivity contribution in [1.82, 2.24) is 9.66 Å². The average Bonchev–Trinajstić information content (AvgIpc) is 2.93. The number of fused-ring (bicyclic) bond motifs is 1. The van der Waals surface area contributed by atoms with Gasteiger partial charge in [-0.25, -0.2) is 4.98 Å². The van der Waals surface area contributed by atoms with E-state index in [4.69, 9.17) is 9.72 Å². The maximum Gasteiger partial charge on any atom is 0.282 e. The minimum absolute atomic E-state index is 0.191. The van der Waals surface area contributed by atoms with E-state index in [-0.39, 0.29) is 18.1 Å². The molecule has 8 heteroatoms. The monoisotopic (exact) mass is 566 g/mol. The van der Waals surface area contributed by atoms with E-state index in [1.165, 1.54) is 10.9 Å². The third-order valence-electron chi connectivity index (χ3n) is 5.76. The molecule has 0 unspecified atom stereocenters. The van der Waals surface area contributed by atoms with E-state index >= 15 is 0 Å². The lowest BCUT2D eigenvalue weighted by Crippen LogP contribution is -2.21. The number of hydrogen-bond acceptors (Lipinski definition) is 5. The van der Waals surface area contributed by atoms with E-state index < -0.39 is 0 Å². The highest BCUT2D eigenvalue weighted by Gasteiger charge is 2.13. The summed E-state index contributed by atoms with van der Waals surface area (Å²) in [5.41, 5.74) is 3.44. The lowest BCUT2D eigenvalue weighted by Gasteiger charge is -2.11. The van der Waals surface area contributed by atoms with Crippen molar-refractivity contribution in [2.45, 2.75) is 6.92 Å². The summed E-state index contributed by atoms with van der Waals surface area (Å²) in [6, 6.07) is 29.5. The van der Waals surface area contributed by atoms with Crippen LogP contribution in [0.5, 0.6) is 5.75 Å². The normalized spacial score (nSPS) is 11.1. The van der Waals surface area contributed by atoms with Gasteiger partial charge in [0, 0.05) is 21.3 Å². The molecule has 7 nitrogen and oxygen atoms in total. The second-order valence-corrected chi connectivity index (χ2v) is 9.48. The molecule has 0 spiro atoms. The van der Waals surface area contributed by atoms with Crippen LogP contribution in [0.1, 0.15) is 11.1 Å². The third-order valence-corrected chi connectivity index (χ3v) is 6.26. The number of benzene rings is 4. The molecule has 0 radical (unpaired) electrons. The third kappa shape index (κ3) is 5.71. The van der Waals surface area contributed by atoms with Crippen LogP contribution >= 0.6 is 15.9 Å².